The Bertz CT molecular complexity index is 141. The van der Waals surface area contributed by atoms with Crippen molar-refractivity contribution in [3.8, 4) is 0 Å². The molecule has 0 saturated heterocycles. The Hall–Kier alpha value is 0.284. The fraction of sp³-hybridized carbons (Fsp3) is 0.333. The quantitative estimate of drug-likeness (QED) is 0.513. The molecule has 2 heteroatoms. The summed E-state index contributed by atoms with van der Waals surface area (Å²) in [6.45, 7) is 4.21. The number of hydrogen-bond donors (Lipinski definition) is 0. The minimum Gasteiger partial charge on any atom is -0.300 e. The molecule has 0 nitrogen and oxygen atoms in total. The molecule has 0 N–H and O–H groups in total. The summed E-state index contributed by atoms with van der Waals surface area (Å²) >= 11 is 1.68. The summed E-state index contributed by atoms with van der Waals surface area (Å²) < 4.78 is 0. The summed E-state index contributed by atoms with van der Waals surface area (Å²) in [4.78, 5) is 1.38. The number of thiophene rings is 1. The number of rotatable bonds is 0. The molecule has 1 aromatic rings. The van der Waals surface area contributed by atoms with Gasteiger partial charge >= 0.3 is 0 Å². The van der Waals surface area contributed by atoms with Crippen LogP contribution in [0.4, 0.5) is 0 Å². The topological polar surface area (TPSA) is 0 Å². The van der Waals surface area contributed by atoms with Crippen molar-refractivity contribution in [3.05, 3.63) is 21.9 Å². The SMILES string of the molecule is Cc1c[c-]sc1C.[V]. The number of hydrogen-bond acceptors (Lipinski definition) is 1. The van der Waals surface area contributed by atoms with Gasteiger partial charge in [-0.05, 0) is 0 Å². The van der Waals surface area contributed by atoms with Gasteiger partial charge in [0.05, 0.1) is 0 Å². The molecule has 8 heavy (non-hydrogen) atoms. The molecule has 0 aromatic carbocycles. The molecule has 1 aromatic heterocycles. The molecule has 0 aliphatic heterocycles. The van der Waals surface area contributed by atoms with Crippen LogP contribution in [0.2, 0.25) is 0 Å². The molecule has 1 heterocycles. The first-order valence-electron chi connectivity index (χ1n) is 2.24. The van der Waals surface area contributed by atoms with Crippen molar-refractivity contribution in [3.63, 3.8) is 0 Å². The standard InChI is InChI=1S/C6H7S.V/c1-5-3-4-7-6(5)2;/h3H,1-2H3;/q-1;. The van der Waals surface area contributed by atoms with Gasteiger partial charge in [-0.1, -0.05) is 13.8 Å². The molecule has 0 amide bonds. The zero-order valence-electron chi connectivity index (χ0n) is 4.93. The molecule has 1 radical (unpaired) electrons. The van der Waals surface area contributed by atoms with E-state index in [1.165, 1.54) is 10.4 Å². The zero-order chi connectivity index (χ0) is 5.28. The van der Waals surface area contributed by atoms with Crippen LogP contribution in [0.25, 0.3) is 0 Å². The second kappa shape index (κ2) is 3.34. The average molecular weight is 162 g/mol. The minimum absolute atomic E-state index is 0. The third-order valence-corrected chi connectivity index (χ3v) is 1.91. The van der Waals surface area contributed by atoms with Crippen LogP contribution >= 0.6 is 11.3 Å². The normalized spacial score (nSPS) is 8.25. The van der Waals surface area contributed by atoms with Crippen LogP contribution in [-0.2, 0) is 18.6 Å². The third kappa shape index (κ3) is 1.66. The summed E-state index contributed by atoms with van der Waals surface area (Å²) in [5.74, 6) is 0. The van der Waals surface area contributed by atoms with Crippen LogP contribution in [0.15, 0.2) is 6.07 Å². The van der Waals surface area contributed by atoms with Crippen molar-refractivity contribution in [1.29, 1.82) is 0 Å². The van der Waals surface area contributed by atoms with Gasteiger partial charge in [-0.3, -0.25) is 0 Å². The van der Waals surface area contributed by atoms with Gasteiger partial charge in [-0.2, -0.15) is 11.6 Å². The van der Waals surface area contributed by atoms with Crippen molar-refractivity contribution in [1.82, 2.24) is 0 Å². The van der Waals surface area contributed by atoms with E-state index < -0.39 is 0 Å². The molecule has 0 spiro atoms. The van der Waals surface area contributed by atoms with E-state index in [-0.39, 0.29) is 18.6 Å². The molecule has 0 aliphatic rings. The van der Waals surface area contributed by atoms with Gasteiger partial charge in [-0.15, -0.1) is 10.3 Å². The van der Waals surface area contributed by atoms with Crippen LogP contribution in [0, 0.1) is 19.2 Å². The van der Waals surface area contributed by atoms with Gasteiger partial charge in [0.15, 0.2) is 0 Å². The maximum atomic E-state index is 3.04. The summed E-state index contributed by atoms with van der Waals surface area (Å²) in [5, 5.41) is 3.04. The predicted octanol–water partition coefficient (Wildman–Crippen LogP) is 2.16. The van der Waals surface area contributed by atoms with E-state index in [0.29, 0.717) is 0 Å². The maximum Gasteiger partial charge on any atom is 0 e. The first-order chi connectivity index (χ1) is 3.30. The molecular weight excluding hydrogens is 155 g/mol. The van der Waals surface area contributed by atoms with Gasteiger partial charge in [-0.25, -0.2) is 0 Å². The van der Waals surface area contributed by atoms with Crippen molar-refractivity contribution in [2.45, 2.75) is 13.8 Å². The van der Waals surface area contributed by atoms with E-state index in [4.69, 9.17) is 0 Å². The van der Waals surface area contributed by atoms with Crippen molar-refractivity contribution in [2.75, 3.05) is 0 Å². The van der Waals surface area contributed by atoms with Gasteiger partial charge in [0.25, 0.3) is 0 Å². The molecule has 0 aliphatic carbocycles. The van der Waals surface area contributed by atoms with Gasteiger partial charge in [0.2, 0.25) is 0 Å². The molecule has 0 fully saturated rings. The second-order valence-electron chi connectivity index (χ2n) is 1.60. The van der Waals surface area contributed by atoms with E-state index in [0.717, 1.165) is 0 Å². The molecule has 0 bridgehead atoms. The number of aryl methyl sites for hydroxylation is 2. The van der Waals surface area contributed by atoms with E-state index in [2.05, 4.69) is 19.2 Å². The summed E-state index contributed by atoms with van der Waals surface area (Å²) in [6, 6.07) is 2.01. The first-order valence-corrected chi connectivity index (χ1v) is 3.05. The van der Waals surface area contributed by atoms with E-state index >= 15 is 0 Å². The first kappa shape index (κ1) is 8.28. The summed E-state index contributed by atoms with van der Waals surface area (Å²) in [7, 11) is 0. The zero-order valence-corrected chi connectivity index (χ0v) is 7.15. The van der Waals surface area contributed by atoms with Crippen LogP contribution < -0.4 is 0 Å². The second-order valence-corrected chi connectivity index (χ2v) is 2.66. The van der Waals surface area contributed by atoms with Crippen molar-refractivity contribution >= 4 is 11.3 Å². The van der Waals surface area contributed by atoms with E-state index in [9.17, 15) is 0 Å². The Labute approximate surface area is 65.8 Å². The molecule has 0 unspecified atom stereocenters. The third-order valence-electron chi connectivity index (χ3n) is 1.04. The Kier molecular flexibility index (Phi) is 3.46. The Balaban J connectivity index is 0.000000490. The predicted molar refractivity (Wildman–Crippen MR) is 32.6 cm³/mol. The van der Waals surface area contributed by atoms with Crippen LogP contribution in [0.3, 0.4) is 0 Å². The summed E-state index contributed by atoms with van der Waals surface area (Å²) in [6.07, 6.45) is 0. The molecular formula is C6H7SV-. The largest absolute Gasteiger partial charge is 0.300 e. The Morgan fingerprint density at radius 1 is 1.50 bits per heavy atom. The molecule has 1 rings (SSSR count). The van der Waals surface area contributed by atoms with Crippen molar-refractivity contribution in [2.24, 2.45) is 0 Å². The van der Waals surface area contributed by atoms with E-state index in [1.54, 1.807) is 11.3 Å². The van der Waals surface area contributed by atoms with E-state index in [1.807, 2.05) is 6.07 Å². The fourth-order valence-corrected chi connectivity index (χ4v) is 1.02. The van der Waals surface area contributed by atoms with Crippen molar-refractivity contribution < 1.29 is 18.6 Å². The Morgan fingerprint density at radius 3 is 2.25 bits per heavy atom. The van der Waals surface area contributed by atoms with Crippen LogP contribution in [0.1, 0.15) is 10.4 Å². The van der Waals surface area contributed by atoms with Crippen LogP contribution in [0.5, 0.6) is 0 Å². The van der Waals surface area contributed by atoms with Gasteiger partial charge in [0, 0.05) is 18.6 Å². The van der Waals surface area contributed by atoms with Crippen LogP contribution in [-0.4, -0.2) is 0 Å². The smallest absolute Gasteiger partial charge is 0 e. The molecule has 0 saturated carbocycles. The van der Waals surface area contributed by atoms with Gasteiger partial charge < -0.3 is 11.3 Å². The molecule has 0 atom stereocenters. The Morgan fingerprint density at radius 2 is 2.12 bits per heavy atom. The summed E-state index contributed by atoms with van der Waals surface area (Å²) in [5.41, 5.74) is 1.35. The molecule has 43 valence electrons. The monoisotopic (exact) mass is 162 g/mol. The average Bonchev–Trinajstić information content (AvgIpc) is 1.91. The maximum absolute atomic E-state index is 3.04. The van der Waals surface area contributed by atoms with Gasteiger partial charge in [0.1, 0.15) is 0 Å². The fourth-order valence-electron chi connectivity index (χ4n) is 0.388. The minimum atomic E-state index is 0.